The average molecular weight is 288 g/mol. The smallest absolute Gasteiger partial charge is 0.227 e. The van der Waals surface area contributed by atoms with E-state index < -0.39 is 0 Å². The van der Waals surface area contributed by atoms with Crippen LogP contribution in [0.3, 0.4) is 0 Å². The van der Waals surface area contributed by atoms with Gasteiger partial charge in [-0.25, -0.2) is 4.98 Å². The van der Waals surface area contributed by atoms with Crippen molar-refractivity contribution in [3.05, 3.63) is 11.8 Å². The first-order valence-electron chi connectivity index (χ1n) is 8.30. The Bertz CT molecular complexity index is 529. The van der Waals surface area contributed by atoms with E-state index in [0.717, 1.165) is 56.5 Å². The number of hydrogen-bond donors (Lipinski definition) is 1. The lowest BCUT2D eigenvalue weighted by Gasteiger charge is -2.34. The zero-order valence-electron chi connectivity index (χ0n) is 12.7. The van der Waals surface area contributed by atoms with E-state index in [0.29, 0.717) is 11.8 Å². The van der Waals surface area contributed by atoms with Crippen molar-refractivity contribution < 1.29 is 5.11 Å². The quantitative estimate of drug-likeness (QED) is 0.912. The van der Waals surface area contributed by atoms with Crippen molar-refractivity contribution in [2.24, 2.45) is 11.8 Å². The molecule has 1 aliphatic carbocycles. The molecule has 3 heterocycles. The molecule has 1 N–H and O–H groups in total. The van der Waals surface area contributed by atoms with Gasteiger partial charge in [0.2, 0.25) is 5.95 Å². The van der Waals surface area contributed by atoms with E-state index in [1.54, 1.807) is 0 Å². The summed E-state index contributed by atoms with van der Waals surface area (Å²) < 4.78 is 0. The lowest BCUT2D eigenvalue weighted by Crippen LogP contribution is -2.39. The number of aromatic nitrogens is 2. The van der Waals surface area contributed by atoms with E-state index >= 15 is 0 Å². The van der Waals surface area contributed by atoms with Crippen LogP contribution >= 0.6 is 0 Å². The predicted octanol–water partition coefficient (Wildman–Crippen LogP) is 1.46. The molecule has 114 valence electrons. The molecule has 2 saturated heterocycles. The van der Waals surface area contributed by atoms with Gasteiger partial charge in [-0.3, -0.25) is 0 Å². The van der Waals surface area contributed by atoms with Crippen LogP contribution < -0.4 is 9.80 Å². The summed E-state index contributed by atoms with van der Waals surface area (Å²) in [5.41, 5.74) is 1.13. The second kappa shape index (κ2) is 5.13. The van der Waals surface area contributed by atoms with Crippen molar-refractivity contribution >= 4 is 11.8 Å². The van der Waals surface area contributed by atoms with Crippen molar-refractivity contribution in [2.45, 2.75) is 38.7 Å². The Labute approximate surface area is 126 Å². The fraction of sp³-hybridized carbons (Fsp3) is 0.750. The van der Waals surface area contributed by atoms with Crippen molar-refractivity contribution in [2.75, 3.05) is 36.0 Å². The van der Waals surface area contributed by atoms with Crippen LogP contribution in [-0.4, -0.2) is 47.4 Å². The molecule has 21 heavy (non-hydrogen) atoms. The van der Waals surface area contributed by atoms with Gasteiger partial charge < -0.3 is 14.9 Å². The summed E-state index contributed by atoms with van der Waals surface area (Å²) in [7, 11) is 0. The van der Waals surface area contributed by atoms with Crippen LogP contribution in [0.4, 0.5) is 11.8 Å². The fourth-order valence-electron chi connectivity index (χ4n) is 3.93. The number of anilines is 2. The van der Waals surface area contributed by atoms with E-state index in [1.165, 1.54) is 12.8 Å². The molecule has 0 spiro atoms. The third-order valence-electron chi connectivity index (χ3n) is 5.36. The monoisotopic (exact) mass is 288 g/mol. The Hall–Kier alpha value is -1.36. The Kier molecular flexibility index (Phi) is 3.25. The third kappa shape index (κ3) is 2.27. The molecule has 5 nitrogen and oxygen atoms in total. The molecule has 0 radical (unpaired) electrons. The summed E-state index contributed by atoms with van der Waals surface area (Å²) in [6.45, 7) is 6.30. The number of hydrogen-bond acceptors (Lipinski definition) is 5. The van der Waals surface area contributed by atoms with Gasteiger partial charge in [0.05, 0.1) is 6.10 Å². The predicted molar refractivity (Wildman–Crippen MR) is 82.7 cm³/mol. The van der Waals surface area contributed by atoms with Crippen LogP contribution in [-0.2, 0) is 6.42 Å². The molecule has 1 aromatic rings. The third-order valence-corrected chi connectivity index (χ3v) is 5.36. The Morgan fingerprint density at radius 3 is 2.67 bits per heavy atom. The highest BCUT2D eigenvalue weighted by atomic mass is 16.3. The van der Waals surface area contributed by atoms with Crippen LogP contribution in [0.15, 0.2) is 6.07 Å². The molecule has 1 saturated carbocycles. The summed E-state index contributed by atoms with van der Waals surface area (Å²) in [5, 5.41) is 9.84. The topological polar surface area (TPSA) is 52.5 Å². The van der Waals surface area contributed by atoms with Crippen molar-refractivity contribution in [1.29, 1.82) is 0 Å². The Balaban J connectivity index is 1.60. The highest BCUT2D eigenvalue weighted by Crippen LogP contribution is 2.42. The van der Waals surface area contributed by atoms with Crippen molar-refractivity contribution in [1.82, 2.24) is 9.97 Å². The summed E-state index contributed by atoms with van der Waals surface area (Å²) in [5.74, 6) is 3.09. The molecular formula is C16H24N4O. The average Bonchev–Trinajstić information content (AvgIpc) is 3.14. The van der Waals surface area contributed by atoms with Gasteiger partial charge in [0.1, 0.15) is 5.82 Å². The lowest BCUT2D eigenvalue weighted by molar-refractivity contribution is -0.00398. The number of rotatable bonds is 3. The first-order valence-corrected chi connectivity index (χ1v) is 8.30. The van der Waals surface area contributed by atoms with E-state index in [2.05, 4.69) is 22.8 Å². The molecular weight excluding hydrogens is 264 g/mol. The zero-order chi connectivity index (χ0) is 14.4. The normalized spacial score (nSPS) is 31.4. The Morgan fingerprint density at radius 1 is 1.19 bits per heavy atom. The van der Waals surface area contributed by atoms with Crippen LogP contribution in [0.1, 0.15) is 31.9 Å². The number of nitrogens with zero attached hydrogens (tertiary/aromatic N) is 4. The minimum atomic E-state index is -0.0921. The van der Waals surface area contributed by atoms with Gasteiger partial charge >= 0.3 is 0 Å². The van der Waals surface area contributed by atoms with E-state index in [1.807, 2.05) is 0 Å². The molecule has 5 heteroatoms. The largest absolute Gasteiger partial charge is 0.393 e. The highest BCUT2D eigenvalue weighted by Gasteiger charge is 2.46. The van der Waals surface area contributed by atoms with Gasteiger partial charge in [0.15, 0.2) is 0 Å². The zero-order valence-corrected chi connectivity index (χ0v) is 12.7. The molecule has 0 bridgehead atoms. The Morgan fingerprint density at radius 2 is 2.00 bits per heavy atom. The highest BCUT2D eigenvalue weighted by molar-refractivity contribution is 5.48. The van der Waals surface area contributed by atoms with E-state index in [4.69, 9.17) is 9.97 Å². The van der Waals surface area contributed by atoms with Crippen molar-refractivity contribution in [3.63, 3.8) is 0 Å². The van der Waals surface area contributed by atoms with Gasteiger partial charge in [-0.2, -0.15) is 4.98 Å². The fourth-order valence-corrected chi connectivity index (χ4v) is 3.93. The van der Waals surface area contributed by atoms with Gasteiger partial charge in [0, 0.05) is 43.9 Å². The SMILES string of the molecule is CCc1cc(N2C[C@H]3C[C@@H](O)[C@H]3C2)nc(N2CCCC2)n1. The van der Waals surface area contributed by atoms with E-state index in [-0.39, 0.29) is 6.10 Å². The van der Waals surface area contributed by atoms with Crippen LogP contribution in [0.25, 0.3) is 0 Å². The molecule has 3 aliphatic rings. The van der Waals surface area contributed by atoms with Gasteiger partial charge in [-0.1, -0.05) is 6.92 Å². The molecule has 1 aromatic heterocycles. The number of aliphatic hydroxyl groups excluding tert-OH is 1. The van der Waals surface area contributed by atoms with Gasteiger partial charge in [-0.15, -0.1) is 0 Å². The molecule has 3 atom stereocenters. The molecule has 0 aromatic carbocycles. The van der Waals surface area contributed by atoms with Crippen molar-refractivity contribution in [3.8, 4) is 0 Å². The van der Waals surface area contributed by atoms with Gasteiger partial charge in [-0.05, 0) is 31.6 Å². The van der Waals surface area contributed by atoms with E-state index in [9.17, 15) is 5.11 Å². The molecule has 0 unspecified atom stereocenters. The summed E-state index contributed by atoms with van der Waals surface area (Å²) in [4.78, 5) is 14.2. The molecule has 0 amide bonds. The second-order valence-corrected chi connectivity index (χ2v) is 6.70. The molecule has 3 fully saturated rings. The summed E-state index contributed by atoms with van der Waals surface area (Å²) in [6.07, 6.45) is 4.31. The lowest BCUT2D eigenvalue weighted by atomic mass is 9.74. The number of fused-ring (bicyclic) bond motifs is 1. The van der Waals surface area contributed by atoms with Crippen LogP contribution in [0.2, 0.25) is 0 Å². The number of aliphatic hydroxyl groups is 1. The molecule has 4 rings (SSSR count). The van der Waals surface area contributed by atoms with Gasteiger partial charge in [0.25, 0.3) is 0 Å². The maximum Gasteiger partial charge on any atom is 0.227 e. The van der Waals surface area contributed by atoms with Crippen LogP contribution in [0, 0.1) is 11.8 Å². The second-order valence-electron chi connectivity index (χ2n) is 6.70. The number of aryl methyl sites for hydroxylation is 1. The minimum Gasteiger partial charge on any atom is -0.393 e. The molecule has 2 aliphatic heterocycles. The first kappa shape index (κ1) is 13.3. The maximum atomic E-state index is 9.84. The summed E-state index contributed by atoms with van der Waals surface area (Å²) >= 11 is 0. The maximum absolute atomic E-state index is 9.84. The first-order chi connectivity index (χ1) is 10.2. The standard InChI is InChI=1S/C16H24N4O/c1-2-12-8-15(18-16(17-12)19-5-3-4-6-19)20-9-11-7-14(21)13(11)10-20/h8,11,13-14,21H,2-7,9-10H2,1H3/t11-,13+,14-/m1/s1. The summed E-state index contributed by atoms with van der Waals surface area (Å²) in [6, 6.07) is 2.14. The minimum absolute atomic E-state index is 0.0921. The van der Waals surface area contributed by atoms with Crippen LogP contribution in [0.5, 0.6) is 0 Å².